The van der Waals surface area contributed by atoms with E-state index in [1.165, 1.54) is 28.0 Å². The van der Waals surface area contributed by atoms with Gasteiger partial charge in [-0.05, 0) is 48.4 Å². The van der Waals surface area contributed by atoms with Crippen LogP contribution >= 0.6 is 11.3 Å². The largest absolute Gasteiger partial charge is 0.450 e. The Hall–Kier alpha value is -4.77. The summed E-state index contributed by atoms with van der Waals surface area (Å²) in [5.74, 6) is -2.73. The highest BCUT2D eigenvalue weighted by Crippen LogP contribution is 2.54. The molecule has 2 aliphatic heterocycles. The molecule has 198 valence electrons. The molecule has 1 spiro atoms. The van der Waals surface area contributed by atoms with E-state index in [1.54, 1.807) is 36.4 Å². The fourth-order valence-corrected chi connectivity index (χ4v) is 6.37. The molecule has 7 rings (SSSR count). The number of para-hydroxylation sites is 1. The zero-order valence-electron chi connectivity index (χ0n) is 20.9. The molecule has 5 aromatic rings. The van der Waals surface area contributed by atoms with Crippen LogP contribution in [0.5, 0.6) is 0 Å². The van der Waals surface area contributed by atoms with Crippen molar-refractivity contribution in [2.75, 3.05) is 9.80 Å². The smallest absolute Gasteiger partial charge is 0.297 e. The zero-order chi connectivity index (χ0) is 27.8. The Kier molecular flexibility index (Phi) is 5.23. The van der Waals surface area contributed by atoms with Gasteiger partial charge in [-0.3, -0.25) is 19.3 Å². The van der Waals surface area contributed by atoms with Crippen LogP contribution in [0.15, 0.2) is 75.9 Å². The van der Waals surface area contributed by atoms with E-state index in [1.807, 2.05) is 6.92 Å². The van der Waals surface area contributed by atoms with Crippen molar-refractivity contribution in [1.82, 2.24) is 10.2 Å². The van der Waals surface area contributed by atoms with Crippen molar-refractivity contribution in [3.8, 4) is 0 Å². The van der Waals surface area contributed by atoms with Crippen LogP contribution in [0.2, 0.25) is 0 Å². The highest BCUT2D eigenvalue weighted by atomic mass is 32.1. The first-order chi connectivity index (χ1) is 19.3. The van der Waals surface area contributed by atoms with E-state index in [-0.39, 0.29) is 34.0 Å². The van der Waals surface area contributed by atoms with E-state index in [9.17, 15) is 23.2 Å². The fourth-order valence-electron chi connectivity index (χ4n) is 5.54. The minimum atomic E-state index is -1.98. The second-order valence-electron chi connectivity index (χ2n) is 9.49. The van der Waals surface area contributed by atoms with Gasteiger partial charge in [0.05, 0.1) is 23.2 Å². The predicted molar refractivity (Wildman–Crippen MR) is 143 cm³/mol. The van der Waals surface area contributed by atoms with E-state index < -0.39 is 34.4 Å². The lowest BCUT2D eigenvalue weighted by Crippen LogP contribution is -2.53. The number of amides is 2. The van der Waals surface area contributed by atoms with E-state index in [0.717, 1.165) is 23.5 Å². The maximum absolute atomic E-state index is 14.7. The lowest BCUT2D eigenvalue weighted by Gasteiger charge is -2.32. The van der Waals surface area contributed by atoms with Crippen molar-refractivity contribution in [2.45, 2.75) is 25.4 Å². The number of nitrogens with zero attached hydrogens (tertiary/aromatic N) is 4. The number of rotatable bonds is 4. The number of aryl methyl sites for hydroxylation is 1. The van der Waals surface area contributed by atoms with Gasteiger partial charge in [0, 0.05) is 5.56 Å². The summed E-state index contributed by atoms with van der Waals surface area (Å²) in [6.45, 7) is 1.92. The monoisotopic (exact) mass is 556 g/mol. The van der Waals surface area contributed by atoms with Gasteiger partial charge in [0.2, 0.25) is 10.9 Å². The average Bonchev–Trinajstić information content (AvgIpc) is 3.60. The van der Waals surface area contributed by atoms with Gasteiger partial charge < -0.3 is 9.32 Å². The first kappa shape index (κ1) is 24.3. The van der Waals surface area contributed by atoms with E-state index in [2.05, 4.69) is 10.2 Å². The molecule has 2 aromatic heterocycles. The number of carbonyl (C=O) groups excluding carboxylic acids is 2. The van der Waals surface area contributed by atoms with Gasteiger partial charge in [-0.1, -0.05) is 48.6 Å². The topological polar surface area (TPSA) is 96.6 Å². The second-order valence-corrected chi connectivity index (χ2v) is 10.5. The minimum absolute atomic E-state index is 0.0175. The SMILES string of the molecule is CCc1nnc(N2C(=O)c3oc4ccc(F)cc4c(=O)c3C23C(=O)N(Cc2ccc(F)cc2)c2ccccc23)s1. The first-order valence-corrected chi connectivity index (χ1v) is 13.3. The Labute approximate surface area is 229 Å². The first-order valence-electron chi connectivity index (χ1n) is 12.4. The van der Waals surface area contributed by atoms with Crippen molar-refractivity contribution in [3.05, 3.63) is 116 Å². The number of halogens is 2. The summed E-state index contributed by atoms with van der Waals surface area (Å²) in [4.78, 5) is 45.6. The summed E-state index contributed by atoms with van der Waals surface area (Å²) >= 11 is 1.13. The van der Waals surface area contributed by atoms with E-state index in [4.69, 9.17) is 4.42 Å². The Balaban J connectivity index is 1.55. The summed E-state index contributed by atoms with van der Waals surface area (Å²) in [6, 6.07) is 16.0. The van der Waals surface area contributed by atoms with Gasteiger partial charge in [-0.2, -0.15) is 0 Å². The van der Waals surface area contributed by atoms with Gasteiger partial charge in [-0.25, -0.2) is 8.78 Å². The molecule has 8 nitrogen and oxygen atoms in total. The maximum Gasteiger partial charge on any atom is 0.297 e. The lowest BCUT2D eigenvalue weighted by atomic mass is 9.84. The summed E-state index contributed by atoms with van der Waals surface area (Å²) in [5, 5.41) is 9.02. The maximum atomic E-state index is 14.7. The Morgan fingerprint density at radius 3 is 2.45 bits per heavy atom. The van der Waals surface area contributed by atoms with Gasteiger partial charge in [0.25, 0.3) is 11.8 Å². The number of benzene rings is 3. The van der Waals surface area contributed by atoms with Crippen LogP contribution in [-0.4, -0.2) is 22.0 Å². The van der Waals surface area contributed by atoms with Gasteiger partial charge >= 0.3 is 0 Å². The number of aromatic nitrogens is 2. The van der Waals surface area contributed by atoms with Crippen molar-refractivity contribution in [1.29, 1.82) is 0 Å². The molecule has 0 aliphatic carbocycles. The highest BCUT2D eigenvalue weighted by molar-refractivity contribution is 7.15. The van der Waals surface area contributed by atoms with Crippen molar-refractivity contribution >= 4 is 44.9 Å². The van der Waals surface area contributed by atoms with Crippen molar-refractivity contribution in [2.24, 2.45) is 0 Å². The number of hydrogen-bond donors (Lipinski definition) is 0. The highest BCUT2D eigenvalue weighted by Gasteiger charge is 2.66. The molecule has 2 aliphatic rings. The number of carbonyl (C=O) groups is 2. The summed E-state index contributed by atoms with van der Waals surface area (Å²) in [6.07, 6.45) is 0.543. The molecule has 40 heavy (non-hydrogen) atoms. The predicted octanol–water partition coefficient (Wildman–Crippen LogP) is 4.94. The van der Waals surface area contributed by atoms with Gasteiger partial charge in [0.1, 0.15) is 22.2 Å². The quantitative estimate of drug-likeness (QED) is 0.311. The van der Waals surface area contributed by atoms with Crippen molar-refractivity contribution < 1.29 is 22.8 Å². The molecule has 1 unspecified atom stereocenters. The molecule has 0 radical (unpaired) electrons. The third-order valence-corrected chi connectivity index (χ3v) is 8.34. The molecule has 0 fully saturated rings. The van der Waals surface area contributed by atoms with E-state index in [0.29, 0.717) is 28.2 Å². The molecule has 11 heteroatoms. The Bertz CT molecular complexity index is 1940. The molecule has 4 heterocycles. The molecule has 0 saturated heterocycles. The lowest BCUT2D eigenvalue weighted by molar-refractivity contribution is -0.121. The third kappa shape index (κ3) is 3.18. The van der Waals surface area contributed by atoms with Crippen LogP contribution < -0.4 is 15.2 Å². The zero-order valence-corrected chi connectivity index (χ0v) is 21.7. The number of hydrogen-bond acceptors (Lipinski definition) is 7. The summed E-state index contributed by atoms with van der Waals surface area (Å²) in [7, 11) is 0. The fraction of sp³-hybridized carbons (Fsp3) is 0.138. The molecular weight excluding hydrogens is 538 g/mol. The normalized spacial score (nSPS) is 17.8. The molecular formula is C29H18F2N4O4S. The summed E-state index contributed by atoms with van der Waals surface area (Å²) in [5.41, 5.74) is -1.40. The minimum Gasteiger partial charge on any atom is -0.450 e. The molecule has 0 N–H and O–H groups in total. The number of anilines is 2. The van der Waals surface area contributed by atoms with Crippen LogP contribution in [0.3, 0.4) is 0 Å². The van der Waals surface area contributed by atoms with Crippen LogP contribution in [0.4, 0.5) is 19.6 Å². The summed E-state index contributed by atoms with van der Waals surface area (Å²) < 4.78 is 33.8. The van der Waals surface area contributed by atoms with Gasteiger partial charge in [-0.15, -0.1) is 10.2 Å². The standard InChI is InChI=1S/C29H18F2N4O4S/c1-2-22-32-33-28(40-22)35-26(37)25-23(24(36)18-13-17(31)11-12-21(18)39-25)29(35)19-5-3-4-6-20(19)34(27(29)38)14-15-7-9-16(30)10-8-15/h3-13H,2,14H2,1H3. The molecule has 1 atom stereocenters. The molecule has 0 bridgehead atoms. The third-order valence-electron chi connectivity index (χ3n) is 7.29. The van der Waals surface area contributed by atoms with Crippen molar-refractivity contribution in [3.63, 3.8) is 0 Å². The van der Waals surface area contributed by atoms with Crippen LogP contribution in [0.1, 0.15) is 39.2 Å². The molecule has 2 amide bonds. The second kappa shape index (κ2) is 8.62. The average molecular weight is 557 g/mol. The van der Waals surface area contributed by atoms with Crippen LogP contribution in [0.25, 0.3) is 11.0 Å². The molecule has 3 aromatic carbocycles. The Morgan fingerprint density at radius 1 is 0.950 bits per heavy atom. The van der Waals surface area contributed by atoms with E-state index >= 15 is 0 Å². The Morgan fingerprint density at radius 2 is 1.70 bits per heavy atom. The van der Waals surface area contributed by atoms with Gasteiger partial charge in [0.15, 0.2) is 11.0 Å². The molecule has 0 saturated carbocycles. The van der Waals surface area contributed by atoms with Crippen LogP contribution in [0, 0.1) is 11.6 Å². The number of fused-ring (bicyclic) bond motifs is 5. The van der Waals surface area contributed by atoms with Crippen LogP contribution in [-0.2, 0) is 23.3 Å².